The molecule has 1 aromatic rings. The lowest BCUT2D eigenvalue weighted by molar-refractivity contribution is -0.141. The summed E-state index contributed by atoms with van der Waals surface area (Å²) in [7, 11) is 1.36. The number of carbonyl (C=O) groups excluding carboxylic acids is 1. The standard InChI is InChI=1S/C11H12ClN3O2/c1-17-11(16)9-3-2-4-15(9)10-8(12)5-7(13)6-14-10/h2,4-6,9H,3,13H2,1H3. The van der Waals surface area contributed by atoms with E-state index in [0.29, 0.717) is 22.9 Å². The fraction of sp³-hybridized carbons (Fsp3) is 0.273. The summed E-state index contributed by atoms with van der Waals surface area (Å²) in [5.41, 5.74) is 6.05. The number of hydrogen-bond acceptors (Lipinski definition) is 5. The van der Waals surface area contributed by atoms with Gasteiger partial charge < -0.3 is 15.4 Å². The van der Waals surface area contributed by atoms with Crippen molar-refractivity contribution >= 4 is 29.1 Å². The Morgan fingerprint density at radius 2 is 2.47 bits per heavy atom. The topological polar surface area (TPSA) is 68.5 Å². The van der Waals surface area contributed by atoms with Crippen molar-refractivity contribution in [2.75, 3.05) is 17.7 Å². The molecule has 2 rings (SSSR count). The summed E-state index contributed by atoms with van der Waals surface area (Å²) in [5.74, 6) is 0.190. The van der Waals surface area contributed by atoms with Crippen molar-refractivity contribution in [1.29, 1.82) is 0 Å². The summed E-state index contributed by atoms with van der Waals surface area (Å²) in [6.07, 6.45) is 5.72. The zero-order valence-electron chi connectivity index (χ0n) is 9.26. The number of ether oxygens (including phenoxy) is 1. The van der Waals surface area contributed by atoms with Gasteiger partial charge in [-0.25, -0.2) is 9.78 Å². The number of nitrogen functional groups attached to an aromatic ring is 1. The van der Waals surface area contributed by atoms with Crippen LogP contribution in [-0.4, -0.2) is 24.1 Å². The van der Waals surface area contributed by atoms with Crippen molar-refractivity contribution in [3.63, 3.8) is 0 Å². The number of methoxy groups -OCH3 is 1. The number of nitrogens with two attached hydrogens (primary N) is 1. The van der Waals surface area contributed by atoms with Crippen LogP contribution < -0.4 is 10.6 Å². The first kappa shape index (κ1) is 11.7. The largest absolute Gasteiger partial charge is 0.467 e. The van der Waals surface area contributed by atoms with Gasteiger partial charge in [-0.15, -0.1) is 0 Å². The van der Waals surface area contributed by atoms with Crippen molar-refractivity contribution in [1.82, 2.24) is 4.98 Å². The molecule has 0 bridgehead atoms. The molecule has 90 valence electrons. The summed E-state index contributed by atoms with van der Waals surface area (Å²) in [6, 6.07) is 1.19. The molecule has 0 saturated heterocycles. The van der Waals surface area contributed by atoms with E-state index in [9.17, 15) is 4.79 Å². The van der Waals surface area contributed by atoms with E-state index in [-0.39, 0.29) is 5.97 Å². The summed E-state index contributed by atoms with van der Waals surface area (Å²) in [6.45, 7) is 0. The van der Waals surface area contributed by atoms with Gasteiger partial charge in [-0.2, -0.15) is 0 Å². The highest BCUT2D eigenvalue weighted by Gasteiger charge is 2.30. The maximum absolute atomic E-state index is 11.6. The van der Waals surface area contributed by atoms with Gasteiger partial charge in [0, 0.05) is 6.20 Å². The van der Waals surface area contributed by atoms with Crippen LogP contribution in [0.15, 0.2) is 24.5 Å². The van der Waals surface area contributed by atoms with E-state index in [1.54, 1.807) is 17.2 Å². The van der Waals surface area contributed by atoms with Gasteiger partial charge in [0.1, 0.15) is 6.04 Å². The minimum Gasteiger partial charge on any atom is -0.467 e. The molecule has 1 aliphatic heterocycles. The van der Waals surface area contributed by atoms with Crippen LogP contribution in [0.1, 0.15) is 6.42 Å². The smallest absolute Gasteiger partial charge is 0.329 e. The minimum atomic E-state index is -0.409. The Morgan fingerprint density at radius 1 is 1.71 bits per heavy atom. The molecule has 2 N–H and O–H groups in total. The first-order chi connectivity index (χ1) is 8.13. The highest BCUT2D eigenvalue weighted by Crippen LogP contribution is 2.30. The number of aromatic nitrogens is 1. The lowest BCUT2D eigenvalue weighted by Gasteiger charge is -2.23. The molecule has 6 heteroatoms. The Bertz CT molecular complexity index is 476. The lowest BCUT2D eigenvalue weighted by atomic mass is 10.2. The molecule has 1 aromatic heterocycles. The first-order valence-corrected chi connectivity index (χ1v) is 5.45. The Labute approximate surface area is 104 Å². The molecule has 1 atom stereocenters. The first-order valence-electron chi connectivity index (χ1n) is 5.07. The van der Waals surface area contributed by atoms with Crippen LogP contribution in [0, 0.1) is 0 Å². The molecule has 0 spiro atoms. The van der Waals surface area contributed by atoms with Crippen LogP contribution in [0.4, 0.5) is 11.5 Å². The Kier molecular flexibility index (Phi) is 3.19. The van der Waals surface area contributed by atoms with Crippen LogP contribution >= 0.6 is 11.6 Å². The molecule has 0 radical (unpaired) electrons. The van der Waals surface area contributed by atoms with E-state index < -0.39 is 6.04 Å². The van der Waals surface area contributed by atoms with Gasteiger partial charge in [-0.05, 0) is 12.5 Å². The van der Waals surface area contributed by atoms with Crippen LogP contribution in [0.3, 0.4) is 0 Å². The normalized spacial score (nSPS) is 18.5. The number of pyridine rings is 1. The van der Waals surface area contributed by atoms with E-state index in [2.05, 4.69) is 4.98 Å². The Hall–Kier alpha value is -1.75. The average molecular weight is 254 g/mol. The highest BCUT2D eigenvalue weighted by atomic mass is 35.5. The van der Waals surface area contributed by atoms with E-state index in [1.807, 2.05) is 6.08 Å². The van der Waals surface area contributed by atoms with Gasteiger partial charge in [0.05, 0.1) is 24.0 Å². The number of esters is 1. The summed E-state index contributed by atoms with van der Waals surface area (Å²) >= 11 is 6.05. The molecule has 0 aromatic carbocycles. The maximum atomic E-state index is 11.6. The number of halogens is 1. The molecule has 0 fully saturated rings. The molecule has 0 amide bonds. The number of carbonyl (C=O) groups is 1. The number of hydrogen-bond donors (Lipinski definition) is 1. The second-order valence-corrected chi connectivity index (χ2v) is 4.05. The number of nitrogens with zero attached hydrogens (tertiary/aromatic N) is 2. The fourth-order valence-corrected chi connectivity index (χ4v) is 1.99. The number of rotatable bonds is 2. The quantitative estimate of drug-likeness (QED) is 0.811. The zero-order chi connectivity index (χ0) is 12.4. The Balaban J connectivity index is 2.32. The monoisotopic (exact) mass is 253 g/mol. The molecule has 0 saturated carbocycles. The molecule has 5 nitrogen and oxygen atoms in total. The van der Waals surface area contributed by atoms with Crippen LogP contribution in [0.5, 0.6) is 0 Å². The van der Waals surface area contributed by atoms with Crippen molar-refractivity contribution in [3.8, 4) is 0 Å². The van der Waals surface area contributed by atoms with Crippen LogP contribution in [0.25, 0.3) is 0 Å². The predicted molar refractivity (Wildman–Crippen MR) is 65.7 cm³/mol. The van der Waals surface area contributed by atoms with Gasteiger partial charge in [0.25, 0.3) is 0 Å². The van der Waals surface area contributed by atoms with E-state index >= 15 is 0 Å². The second kappa shape index (κ2) is 4.63. The summed E-state index contributed by atoms with van der Waals surface area (Å²) in [4.78, 5) is 17.4. The third-order valence-corrected chi connectivity index (χ3v) is 2.80. The molecule has 1 aliphatic rings. The fourth-order valence-electron chi connectivity index (χ4n) is 1.72. The van der Waals surface area contributed by atoms with Gasteiger partial charge in [0.15, 0.2) is 5.82 Å². The molecule has 2 heterocycles. The molecule has 0 aliphatic carbocycles. The van der Waals surface area contributed by atoms with Crippen molar-refractivity contribution in [2.45, 2.75) is 12.5 Å². The zero-order valence-corrected chi connectivity index (χ0v) is 10.0. The van der Waals surface area contributed by atoms with Gasteiger partial charge in [-0.1, -0.05) is 17.7 Å². The maximum Gasteiger partial charge on any atom is 0.329 e. The summed E-state index contributed by atoms with van der Waals surface area (Å²) < 4.78 is 4.73. The third kappa shape index (κ3) is 2.19. The van der Waals surface area contributed by atoms with E-state index in [0.717, 1.165) is 0 Å². The minimum absolute atomic E-state index is 0.315. The third-order valence-electron chi connectivity index (χ3n) is 2.52. The molecular formula is C11H12ClN3O2. The van der Waals surface area contributed by atoms with Crippen molar-refractivity contribution in [3.05, 3.63) is 29.6 Å². The van der Waals surface area contributed by atoms with Gasteiger partial charge in [-0.3, -0.25) is 0 Å². The predicted octanol–water partition coefficient (Wildman–Crippen LogP) is 1.58. The molecule has 1 unspecified atom stereocenters. The van der Waals surface area contributed by atoms with Crippen molar-refractivity contribution < 1.29 is 9.53 Å². The Morgan fingerprint density at radius 3 is 3.12 bits per heavy atom. The SMILES string of the molecule is COC(=O)C1CC=CN1c1ncc(N)cc1Cl. The van der Waals surface area contributed by atoms with E-state index in [4.69, 9.17) is 22.1 Å². The van der Waals surface area contributed by atoms with Gasteiger partial charge >= 0.3 is 5.97 Å². The van der Waals surface area contributed by atoms with Crippen molar-refractivity contribution in [2.24, 2.45) is 0 Å². The van der Waals surface area contributed by atoms with Crippen LogP contribution in [-0.2, 0) is 9.53 Å². The molecular weight excluding hydrogens is 242 g/mol. The highest BCUT2D eigenvalue weighted by molar-refractivity contribution is 6.33. The van der Waals surface area contributed by atoms with E-state index in [1.165, 1.54) is 13.3 Å². The van der Waals surface area contributed by atoms with Crippen LogP contribution in [0.2, 0.25) is 5.02 Å². The van der Waals surface area contributed by atoms with Gasteiger partial charge in [0.2, 0.25) is 0 Å². The lowest BCUT2D eigenvalue weighted by Crippen LogP contribution is -2.35. The average Bonchev–Trinajstić information content (AvgIpc) is 2.77. The summed E-state index contributed by atoms with van der Waals surface area (Å²) in [5, 5.41) is 0.408. The number of anilines is 2. The molecule has 17 heavy (non-hydrogen) atoms. The second-order valence-electron chi connectivity index (χ2n) is 3.64.